The van der Waals surface area contributed by atoms with Gasteiger partial charge in [0.05, 0.1) is 15.6 Å². The van der Waals surface area contributed by atoms with Gasteiger partial charge in [0.25, 0.3) is 0 Å². The van der Waals surface area contributed by atoms with Crippen molar-refractivity contribution >= 4 is 64.7 Å². The van der Waals surface area contributed by atoms with Gasteiger partial charge in [-0.1, -0.05) is 23.2 Å². The molecule has 0 aliphatic carbocycles. The second-order valence-electron chi connectivity index (χ2n) is 7.70. The maximum atomic E-state index is 6.29. The number of pyridine rings is 2. The number of hydrogen-bond acceptors (Lipinski definition) is 6. The van der Waals surface area contributed by atoms with Crippen molar-refractivity contribution in [2.24, 2.45) is 0 Å². The van der Waals surface area contributed by atoms with E-state index in [2.05, 4.69) is 42.5 Å². The molecule has 0 unspecified atom stereocenters. The minimum absolute atomic E-state index is 0. The maximum absolute atomic E-state index is 6.29. The summed E-state index contributed by atoms with van der Waals surface area (Å²) in [5.41, 5.74) is 3.41. The predicted molar refractivity (Wildman–Crippen MR) is 142 cm³/mol. The topological polar surface area (TPSA) is 79.0 Å². The quantitative estimate of drug-likeness (QED) is 0.336. The lowest BCUT2D eigenvalue weighted by molar-refractivity contribution is 0.227. The minimum atomic E-state index is -0.342. The Balaban J connectivity index is 0.00000162. The first-order valence-electron chi connectivity index (χ1n) is 10.5. The lowest BCUT2D eigenvalue weighted by Gasteiger charge is -2.28. The lowest BCUT2D eigenvalue weighted by atomic mass is 10.1. The number of ether oxygens (including phenoxy) is 1. The molecule has 4 heterocycles. The summed E-state index contributed by atoms with van der Waals surface area (Å²) in [5, 5.41) is 12.9. The number of rotatable bonds is 5. The van der Waals surface area contributed by atoms with E-state index in [4.69, 9.17) is 27.9 Å². The number of anilines is 1. The van der Waals surface area contributed by atoms with Crippen molar-refractivity contribution < 1.29 is 4.74 Å². The van der Waals surface area contributed by atoms with Gasteiger partial charge in [-0.3, -0.25) is 10.1 Å². The van der Waals surface area contributed by atoms with Gasteiger partial charge in [0.2, 0.25) is 0 Å². The molecular weight excluding hydrogens is 518 g/mol. The molecule has 1 fully saturated rings. The third-order valence-electron chi connectivity index (χ3n) is 5.61. The number of benzene rings is 1. The molecule has 0 saturated carbocycles. The standard InChI is InChI=1S/C23H22Cl2N6O.2ClH/c1-14(22-18(24)12-27-13-19(22)25)32-16-3-4-20-17(10-16)23(30-29-20)15-2-5-21(28-11-15)31-8-6-26-7-9-31;;/h2-5,10-14,26H,6-9H2,1H3,(H,29,30);2*1H/t14-;;/m1../s1. The molecule has 1 atom stereocenters. The van der Waals surface area contributed by atoms with Gasteiger partial charge >= 0.3 is 0 Å². The van der Waals surface area contributed by atoms with Crippen LogP contribution in [0.15, 0.2) is 48.9 Å². The van der Waals surface area contributed by atoms with Crippen molar-refractivity contribution in [3.05, 3.63) is 64.5 Å². The molecule has 0 spiro atoms. The average Bonchev–Trinajstić information content (AvgIpc) is 3.23. The van der Waals surface area contributed by atoms with Crippen LogP contribution in [0.3, 0.4) is 0 Å². The van der Waals surface area contributed by atoms with Crippen molar-refractivity contribution in [3.8, 4) is 17.0 Å². The van der Waals surface area contributed by atoms with Crippen LogP contribution in [0.1, 0.15) is 18.6 Å². The molecule has 0 bridgehead atoms. The summed E-state index contributed by atoms with van der Waals surface area (Å²) in [7, 11) is 0. The van der Waals surface area contributed by atoms with E-state index in [0.29, 0.717) is 21.4 Å². The van der Waals surface area contributed by atoms with E-state index in [1.54, 1.807) is 12.4 Å². The highest BCUT2D eigenvalue weighted by molar-refractivity contribution is 6.35. The Morgan fingerprint density at radius 3 is 2.41 bits per heavy atom. The van der Waals surface area contributed by atoms with Crippen molar-refractivity contribution in [1.82, 2.24) is 25.5 Å². The first-order chi connectivity index (χ1) is 15.6. The van der Waals surface area contributed by atoms with Crippen LogP contribution in [-0.4, -0.2) is 46.3 Å². The number of aromatic amines is 1. The highest BCUT2D eigenvalue weighted by atomic mass is 35.5. The van der Waals surface area contributed by atoms with Crippen LogP contribution in [0.5, 0.6) is 5.75 Å². The fourth-order valence-corrected chi connectivity index (χ4v) is 4.64. The first-order valence-corrected chi connectivity index (χ1v) is 11.2. The molecular formula is C23H24Cl4N6O. The molecule has 1 aliphatic rings. The molecule has 0 amide bonds. The number of H-pyrrole nitrogens is 1. The molecule has 0 radical (unpaired) electrons. The second kappa shape index (κ2) is 11.4. The van der Waals surface area contributed by atoms with Gasteiger partial charge in [0, 0.05) is 61.3 Å². The van der Waals surface area contributed by atoms with Crippen LogP contribution in [0.4, 0.5) is 5.82 Å². The van der Waals surface area contributed by atoms with Crippen molar-refractivity contribution in [1.29, 1.82) is 0 Å². The molecule has 2 N–H and O–H groups in total. The molecule has 7 nitrogen and oxygen atoms in total. The fourth-order valence-electron chi connectivity index (χ4n) is 3.97. The Labute approximate surface area is 220 Å². The van der Waals surface area contributed by atoms with Gasteiger partial charge in [-0.05, 0) is 37.3 Å². The Bertz CT molecular complexity index is 1220. The third kappa shape index (κ3) is 5.34. The van der Waals surface area contributed by atoms with Gasteiger partial charge in [0.1, 0.15) is 23.4 Å². The van der Waals surface area contributed by atoms with E-state index < -0.39 is 0 Å². The van der Waals surface area contributed by atoms with Gasteiger partial charge in [0.15, 0.2) is 0 Å². The van der Waals surface area contributed by atoms with Crippen molar-refractivity contribution in [3.63, 3.8) is 0 Å². The monoisotopic (exact) mass is 540 g/mol. The average molecular weight is 542 g/mol. The molecule has 1 aliphatic heterocycles. The molecule has 5 rings (SSSR count). The highest BCUT2D eigenvalue weighted by Crippen LogP contribution is 2.34. The van der Waals surface area contributed by atoms with Crippen LogP contribution >= 0.6 is 48.0 Å². The Morgan fingerprint density at radius 2 is 1.74 bits per heavy atom. The van der Waals surface area contributed by atoms with Gasteiger partial charge < -0.3 is 15.0 Å². The summed E-state index contributed by atoms with van der Waals surface area (Å²) in [5.74, 6) is 1.68. The molecule has 34 heavy (non-hydrogen) atoms. The molecule has 180 valence electrons. The summed E-state index contributed by atoms with van der Waals surface area (Å²) < 4.78 is 6.16. The number of hydrogen-bond donors (Lipinski definition) is 2. The Hall–Kier alpha value is -2.29. The third-order valence-corrected chi connectivity index (χ3v) is 6.21. The number of aromatic nitrogens is 4. The Morgan fingerprint density at radius 1 is 1.00 bits per heavy atom. The summed E-state index contributed by atoms with van der Waals surface area (Å²) in [6.07, 6.45) is 4.67. The first kappa shape index (κ1) is 26.3. The number of nitrogens with one attached hydrogen (secondary N) is 2. The van der Waals surface area contributed by atoms with E-state index in [-0.39, 0.29) is 30.9 Å². The van der Waals surface area contributed by atoms with Crippen molar-refractivity contribution in [2.45, 2.75) is 13.0 Å². The molecule has 4 aromatic rings. The minimum Gasteiger partial charge on any atom is -0.486 e. The van der Waals surface area contributed by atoms with E-state index in [0.717, 1.165) is 54.2 Å². The molecule has 1 aromatic carbocycles. The molecule has 1 saturated heterocycles. The van der Waals surface area contributed by atoms with Crippen LogP contribution in [-0.2, 0) is 0 Å². The number of nitrogens with zero attached hydrogens (tertiary/aromatic N) is 4. The van der Waals surface area contributed by atoms with Gasteiger partial charge in [-0.25, -0.2) is 4.98 Å². The Kier molecular flexibility index (Phi) is 8.84. The summed E-state index contributed by atoms with van der Waals surface area (Å²) in [4.78, 5) is 11.0. The smallest absolute Gasteiger partial charge is 0.128 e. The predicted octanol–water partition coefficient (Wildman–Crippen LogP) is 5.72. The van der Waals surface area contributed by atoms with E-state index >= 15 is 0 Å². The SMILES string of the molecule is C[C@@H](Oc1ccc2[nH]nc(-c3ccc(N4CCNCC4)nc3)c2c1)c1c(Cl)cncc1Cl.Cl.Cl. The normalized spacial score (nSPS) is 14.3. The zero-order valence-corrected chi connectivity index (χ0v) is 21.4. The van der Waals surface area contributed by atoms with E-state index in [1.165, 1.54) is 0 Å². The zero-order chi connectivity index (χ0) is 22.1. The number of piperazine rings is 1. The number of halogens is 4. The van der Waals surface area contributed by atoms with Crippen molar-refractivity contribution in [2.75, 3.05) is 31.1 Å². The summed E-state index contributed by atoms with van der Waals surface area (Å²) in [6, 6.07) is 9.93. The van der Waals surface area contributed by atoms with Crippen LogP contribution < -0.4 is 15.0 Å². The second-order valence-corrected chi connectivity index (χ2v) is 8.51. The fraction of sp³-hybridized carbons (Fsp3) is 0.261. The van der Waals surface area contributed by atoms with Crippen LogP contribution in [0, 0.1) is 0 Å². The lowest BCUT2D eigenvalue weighted by Crippen LogP contribution is -2.43. The maximum Gasteiger partial charge on any atom is 0.128 e. The molecule has 3 aromatic heterocycles. The largest absolute Gasteiger partial charge is 0.486 e. The highest BCUT2D eigenvalue weighted by Gasteiger charge is 2.18. The zero-order valence-electron chi connectivity index (χ0n) is 18.3. The molecule has 11 heteroatoms. The number of fused-ring (bicyclic) bond motifs is 1. The van der Waals surface area contributed by atoms with Crippen LogP contribution in [0.25, 0.3) is 22.2 Å². The van der Waals surface area contributed by atoms with Gasteiger partial charge in [-0.2, -0.15) is 5.10 Å². The van der Waals surface area contributed by atoms with Crippen LogP contribution in [0.2, 0.25) is 10.0 Å². The summed E-state index contributed by atoms with van der Waals surface area (Å²) in [6.45, 7) is 5.78. The van der Waals surface area contributed by atoms with Gasteiger partial charge in [-0.15, -0.1) is 24.8 Å². The van der Waals surface area contributed by atoms with E-state index in [9.17, 15) is 0 Å². The van der Waals surface area contributed by atoms with E-state index in [1.807, 2.05) is 31.3 Å². The summed E-state index contributed by atoms with van der Waals surface area (Å²) >= 11 is 12.6.